The fourth-order valence-electron chi connectivity index (χ4n) is 0.831. The Morgan fingerprint density at radius 1 is 1.00 bits per heavy atom. The molecule has 0 spiro atoms. The number of nitrogens with zero attached hydrogens (tertiary/aromatic N) is 2. The predicted octanol–water partition coefficient (Wildman–Crippen LogP) is 2.05. The molecule has 0 amide bonds. The van der Waals surface area contributed by atoms with Gasteiger partial charge < -0.3 is 10.2 Å². The van der Waals surface area contributed by atoms with Gasteiger partial charge >= 0.3 is 11.9 Å². The first-order valence-corrected chi connectivity index (χ1v) is 5.46. The first kappa shape index (κ1) is 15.5. The van der Waals surface area contributed by atoms with Gasteiger partial charge in [-0.15, -0.1) is 0 Å². The topological polar surface area (TPSA) is 99.3 Å². The zero-order valence-electron chi connectivity index (χ0n) is 10.7. The molecule has 0 radical (unpaired) electrons. The van der Waals surface area contributed by atoms with Gasteiger partial charge in [0.2, 0.25) is 0 Å². The maximum absolute atomic E-state index is 11.0. The Balaban J connectivity index is 4.39. The fourth-order valence-corrected chi connectivity index (χ4v) is 0.831. The molecule has 0 aromatic rings. The molecule has 0 aliphatic heterocycles. The average Bonchev–Trinajstić information content (AvgIpc) is 2.23. The number of carbonyl (C=O) groups is 2. The Labute approximate surface area is 101 Å². The molecule has 0 heterocycles. The van der Waals surface area contributed by atoms with Crippen LogP contribution in [0.2, 0.25) is 0 Å². The molecule has 6 heteroatoms. The summed E-state index contributed by atoms with van der Waals surface area (Å²) >= 11 is 0. The van der Waals surface area contributed by atoms with Gasteiger partial charge in [0.25, 0.3) is 0 Å². The number of hydrogen-bond donors (Lipinski definition) is 2. The van der Waals surface area contributed by atoms with Gasteiger partial charge in [0, 0.05) is 0 Å². The van der Waals surface area contributed by atoms with E-state index in [4.69, 9.17) is 10.2 Å². The molecule has 0 aromatic heterocycles. The Hall–Kier alpha value is -1.46. The lowest BCUT2D eigenvalue weighted by atomic mass is 9.88. The van der Waals surface area contributed by atoms with E-state index in [2.05, 4.69) is 10.2 Å². The first-order valence-electron chi connectivity index (χ1n) is 5.46. The molecule has 0 rings (SSSR count). The van der Waals surface area contributed by atoms with E-state index >= 15 is 0 Å². The highest BCUT2D eigenvalue weighted by Gasteiger charge is 2.31. The zero-order valence-corrected chi connectivity index (χ0v) is 10.7. The Bertz CT molecular complexity index is 325. The van der Waals surface area contributed by atoms with Crippen molar-refractivity contribution in [3.63, 3.8) is 0 Å². The second-order valence-corrected chi connectivity index (χ2v) is 5.01. The molecule has 1 unspecified atom stereocenters. The molecule has 0 saturated heterocycles. The van der Waals surface area contributed by atoms with Crippen LogP contribution in [-0.2, 0) is 9.59 Å². The van der Waals surface area contributed by atoms with Gasteiger partial charge in [-0.1, -0.05) is 6.92 Å². The molecule has 17 heavy (non-hydrogen) atoms. The molecule has 0 bridgehead atoms. The van der Waals surface area contributed by atoms with Crippen molar-refractivity contribution in [2.24, 2.45) is 21.1 Å². The normalized spacial score (nSPS) is 15.8. The van der Waals surface area contributed by atoms with Gasteiger partial charge in [-0.3, -0.25) is 9.59 Å². The SMILES string of the molecule is CCC(C)(CN=NCC(C)(C)C(=O)O)C(=O)O. The summed E-state index contributed by atoms with van der Waals surface area (Å²) in [7, 11) is 0. The van der Waals surface area contributed by atoms with E-state index in [-0.39, 0.29) is 13.1 Å². The second kappa shape index (κ2) is 5.75. The third-order valence-electron chi connectivity index (χ3n) is 2.86. The minimum atomic E-state index is -0.977. The van der Waals surface area contributed by atoms with Crippen molar-refractivity contribution in [3.8, 4) is 0 Å². The molecule has 0 fully saturated rings. The Morgan fingerprint density at radius 2 is 1.47 bits per heavy atom. The molecular weight excluding hydrogens is 224 g/mol. The van der Waals surface area contributed by atoms with Crippen LogP contribution in [0.5, 0.6) is 0 Å². The maximum Gasteiger partial charge on any atom is 0.311 e. The van der Waals surface area contributed by atoms with Crippen LogP contribution in [0.15, 0.2) is 10.2 Å². The van der Waals surface area contributed by atoms with Crippen molar-refractivity contribution in [3.05, 3.63) is 0 Å². The van der Waals surface area contributed by atoms with Crippen LogP contribution in [0.4, 0.5) is 0 Å². The minimum Gasteiger partial charge on any atom is -0.481 e. The second-order valence-electron chi connectivity index (χ2n) is 5.01. The van der Waals surface area contributed by atoms with Crippen molar-refractivity contribution in [1.29, 1.82) is 0 Å². The van der Waals surface area contributed by atoms with Crippen molar-refractivity contribution >= 4 is 11.9 Å². The monoisotopic (exact) mass is 244 g/mol. The lowest BCUT2D eigenvalue weighted by Gasteiger charge is -2.20. The Morgan fingerprint density at radius 3 is 1.82 bits per heavy atom. The maximum atomic E-state index is 11.0. The van der Waals surface area contributed by atoms with Crippen molar-refractivity contribution in [1.82, 2.24) is 0 Å². The van der Waals surface area contributed by atoms with E-state index in [1.54, 1.807) is 27.7 Å². The fraction of sp³-hybridized carbons (Fsp3) is 0.818. The van der Waals surface area contributed by atoms with Crippen LogP contribution in [-0.4, -0.2) is 35.2 Å². The third-order valence-corrected chi connectivity index (χ3v) is 2.86. The van der Waals surface area contributed by atoms with Crippen LogP contribution in [0, 0.1) is 10.8 Å². The molecule has 1 atom stereocenters. The molecule has 98 valence electrons. The predicted molar refractivity (Wildman–Crippen MR) is 62.0 cm³/mol. The van der Waals surface area contributed by atoms with Gasteiger partial charge in [0.05, 0.1) is 23.9 Å². The molecular formula is C11H20N2O4. The zero-order chi connectivity index (χ0) is 13.7. The van der Waals surface area contributed by atoms with Gasteiger partial charge in [0.15, 0.2) is 0 Å². The molecule has 0 saturated carbocycles. The smallest absolute Gasteiger partial charge is 0.311 e. The summed E-state index contributed by atoms with van der Waals surface area (Å²) in [6.45, 7) is 6.56. The van der Waals surface area contributed by atoms with E-state index in [9.17, 15) is 9.59 Å². The van der Waals surface area contributed by atoms with Crippen LogP contribution in [0.25, 0.3) is 0 Å². The summed E-state index contributed by atoms with van der Waals surface area (Å²) < 4.78 is 0. The highest BCUT2D eigenvalue weighted by Crippen LogP contribution is 2.22. The number of hydrogen-bond acceptors (Lipinski definition) is 4. The molecule has 0 aliphatic carbocycles. The van der Waals surface area contributed by atoms with E-state index in [1.807, 2.05) is 0 Å². The van der Waals surface area contributed by atoms with E-state index in [1.165, 1.54) is 0 Å². The van der Waals surface area contributed by atoms with Crippen molar-refractivity contribution in [2.75, 3.05) is 13.1 Å². The number of aliphatic carboxylic acids is 2. The van der Waals surface area contributed by atoms with E-state index < -0.39 is 22.8 Å². The number of carboxylic acid groups (broad SMARTS) is 2. The van der Waals surface area contributed by atoms with Gasteiger partial charge in [-0.05, 0) is 27.2 Å². The summed E-state index contributed by atoms with van der Waals surface area (Å²) in [5.41, 5.74) is -1.91. The number of carboxylic acids is 2. The summed E-state index contributed by atoms with van der Waals surface area (Å²) in [4.78, 5) is 21.7. The number of rotatable bonds is 7. The van der Waals surface area contributed by atoms with Gasteiger partial charge in [-0.25, -0.2) is 0 Å². The third kappa shape index (κ3) is 4.50. The number of azo groups is 1. The largest absolute Gasteiger partial charge is 0.481 e. The summed E-state index contributed by atoms with van der Waals surface area (Å²) in [6.07, 6.45) is 0.448. The lowest BCUT2D eigenvalue weighted by Crippen LogP contribution is -2.30. The van der Waals surface area contributed by atoms with E-state index in [0.717, 1.165) is 0 Å². The van der Waals surface area contributed by atoms with Crippen LogP contribution in [0.1, 0.15) is 34.1 Å². The highest BCUT2D eigenvalue weighted by molar-refractivity contribution is 5.74. The molecule has 0 aromatic carbocycles. The quantitative estimate of drug-likeness (QED) is 0.669. The molecule has 2 N–H and O–H groups in total. The average molecular weight is 244 g/mol. The first-order chi connectivity index (χ1) is 7.65. The molecule has 0 aliphatic rings. The van der Waals surface area contributed by atoms with Gasteiger partial charge in [-0.2, -0.15) is 10.2 Å². The van der Waals surface area contributed by atoms with Crippen LogP contribution >= 0.6 is 0 Å². The van der Waals surface area contributed by atoms with Crippen LogP contribution in [0.3, 0.4) is 0 Å². The highest BCUT2D eigenvalue weighted by atomic mass is 16.4. The van der Waals surface area contributed by atoms with Crippen LogP contribution < -0.4 is 0 Å². The summed E-state index contributed by atoms with van der Waals surface area (Å²) in [6, 6.07) is 0. The summed E-state index contributed by atoms with van der Waals surface area (Å²) in [5, 5.41) is 25.4. The van der Waals surface area contributed by atoms with Crippen molar-refractivity contribution < 1.29 is 19.8 Å². The Kier molecular flexibility index (Phi) is 5.25. The van der Waals surface area contributed by atoms with Gasteiger partial charge in [0.1, 0.15) is 0 Å². The van der Waals surface area contributed by atoms with E-state index in [0.29, 0.717) is 6.42 Å². The molecule has 6 nitrogen and oxygen atoms in total. The lowest BCUT2D eigenvalue weighted by molar-refractivity contribution is -0.148. The minimum absolute atomic E-state index is 0.0434. The summed E-state index contributed by atoms with van der Waals surface area (Å²) in [5.74, 6) is -1.87. The van der Waals surface area contributed by atoms with Crippen molar-refractivity contribution in [2.45, 2.75) is 34.1 Å². The standard InChI is InChI=1S/C11H20N2O4/c1-5-11(4,9(16)17)7-13-12-6-10(2,3)8(14)15/h5-7H2,1-4H3,(H,14,15)(H,16,17).